The number of aromatic amines is 1. The highest BCUT2D eigenvalue weighted by atomic mass is 35.5. The van der Waals surface area contributed by atoms with Crippen molar-refractivity contribution in [2.24, 2.45) is 5.73 Å². The number of aromatic nitrogens is 2. The molecule has 0 radical (unpaired) electrons. The molecule has 0 bridgehead atoms. The lowest BCUT2D eigenvalue weighted by molar-refractivity contribution is 0.0683. The fourth-order valence-electron chi connectivity index (χ4n) is 3.95. The van der Waals surface area contributed by atoms with Crippen LogP contribution in [0.3, 0.4) is 0 Å². The van der Waals surface area contributed by atoms with Gasteiger partial charge in [-0.15, -0.1) is 12.4 Å². The van der Waals surface area contributed by atoms with Gasteiger partial charge in [-0.05, 0) is 41.3 Å². The van der Waals surface area contributed by atoms with Gasteiger partial charge in [-0.1, -0.05) is 18.2 Å². The summed E-state index contributed by atoms with van der Waals surface area (Å²) in [6.07, 6.45) is 0.846. The molecule has 1 aromatic heterocycles. The Hall–Kier alpha value is -4.53. The monoisotopic (exact) mass is 508 g/mol. The van der Waals surface area contributed by atoms with Crippen molar-refractivity contribution >= 4 is 40.7 Å². The maximum atomic E-state index is 11.6. The molecular weight excluding hydrogens is 488 g/mol. The smallest absolute Gasteiger partial charge is 0.372 e. The second-order valence-electron chi connectivity index (χ2n) is 7.96. The summed E-state index contributed by atoms with van der Waals surface area (Å²) in [4.78, 5) is 52.6. The lowest BCUT2D eigenvalue weighted by Crippen LogP contribution is -2.44. The Balaban J connectivity index is 0.000000198. The zero-order valence-electron chi connectivity index (χ0n) is 18.8. The first-order valence-electron chi connectivity index (χ1n) is 10.6. The SMILES string of the molecule is Cl.N#Cc1ccc2nc(C(=O)O)[nH]c(=O)c2c1.NCc1ccc2c(c1)CN(c1c(N)c(=O)c1=O)CC2. The molecule has 2 heterocycles. The van der Waals surface area contributed by atoms with Crippen molar-refractivity contribution in [3.05, 3.63) is 95.3 Å². The third-order valence-electron chi connectivity index (χ3n) is 5.79. The second-order valence-corrected chi connectivity index (χ2v) is 7.96. The van der Waals surface area contributed by atoms with Gasteiger partial charge in [0.15, 0.2) is 0 Å². The highest BCUT2D eigenvalue weighted by Gasteiger charge is 2.26. The summed E-state index contributed by atoms with van der Waals surface area (Å²) in [6, 6.07) is 12.3. The molecule has 0 saturated heterocycles. The van der Waals surface area contributed by atoms with Crippen molar-refractivity contribution in [1.82, 2.24) is 9.97 Å². The van der Waals surface area contributed by atoms with E-state index in [4.69, 9.17) is 21.8 Å². The third kappa shape index (κ3) is 4.81. The molecule has 3 aromatic carbocycles. The van der Waals surface area contributed by atoms with Crippen LogP contribution in [0.5, 0.6) is 0 Å². The number of carboxylic acid groups (broad SMARTS) is 1. The number of hydrogen-bond donors (Lipinski definition) is 4. The largest absolute Gasteiger partial charge is 0.475 e. The van der Waals surface area contributed by atoms with Gasteiger partial charge in [0, 0.05) is 19.6 Å². The Morgan fingerprint density at radius 3 is 2.53 bits per heavy atom. The molecule has 4 aromatic rings. The summed E-state index contributed by atoms with van der Waals surface area (Å²) in [6.45, 7) is 1.82. The van der Waals surface area contributed by atoms with Gasteiger partial charge in [-0.3, -0.25) is 14.4 Å². The minimum absolute atomic E-state index is 0. The van der Waals surface area contributed by atoms with E-state index >= 15 is 0 Å². The molecular formula is C24H21ClN6O5. The molecule has 1 aliphatic heterocycles. The number of nitrogens with one attached hydrogen (secondary N) is 1. The predicted octanol–water partition coefficient (Wildman–Crippen LogP) is 0.801. The van der Waals surface area contributed by atoms with Gasteiger partial charge >= 0.3 is 5.97 Å². The van der Waals surface area contributed by atoms with Crippen molar-refractivity contribution in [2.45, 2.75) is 19.5 Å². The summed E-state index contributed by atoms with van der Waals surface area (Å²) in [5.41, 5.74) is 14.2. The zero-order chi connectivity index (χ0) is 25.3. The number of rotatable bonds is 3. The molecule has 11 nitrogen and oxygen atoms in total. The van der Waals surface area contributed by atoms with E-state index in [9.17, 15) is 19.2 Å². The van der Waals surface area contributed by atoms with Crippen molar-refractivity contribution in [3.8, 4) is 6.07 Å². The summed E-state index contributed by atoms with van der Waals surface area (Å²) in [7, 11) is 0. The van der Waals surface area contributed by atoms with Gasteiger partial charge in [0.05, 0.1) is 22.5 Å². The van der Waals surface area contributed by atoms with Crippen LogP contribution in [-0.4, -0.2) is 27.6 Å². The molecule has 0 atom stereocenters. The molecule has 36 heavy (non-hydrogen) atoms. The Kier molecular flexibility index (Phi) is 7.53. The van der Waals surface area contributed by atoms with E-state index in [1.807, 2.05) is 17.0 Å². The first-order chi connectivity index (χ1) is 16.7. The van der Waals surface area contributed by atoms with Crippen LogP contribution < -0.4 is 32.8 Å². The van der Waals surface area contributed by atoms with Crippen LogP contribution >= 0.6 is 12.4 Å². The molecule has 184 valence electrons. The van der Waals surface area contributed by atoms with E-state index in [1.165, 1.54) is 23.8 Å². The Morgan fingerprint density at radius 1 is 1.14 bits per heavy atom. The minimum atomic E-state index is -1.30. The number of nitriles is 1. The van der Waals surface area contributed by atoms with Crippen LogP contribution in [0.4, 0.5) is 11.4 Å². The molecule has 0 amide bonds. The van der Waals surface area contributed by atoms with Crippen LogP contribution in [-0.2, 0) is 19.5 Å². The minimum Gasteiger partial charge on any atom is -0.475 e. The molecule has 0 fully saturated rings. The average Bonchev–Trinajstić information content (AvgIpc) is 2.88. The number of nitrogens with zero attached hydrogens (tertiary/aromatic N) is 3. The Labute approximate surface area is 209 Å². The molecule has 12 heteroatoms. The van der Waals surface area contributed by atoms with Crippen molar-refractivity contribution in [1.29, 1.82) is 5.26 Å². The van der Waals surface area contributed by atoms with E-state index < -0.39 is 28.2 Å². The summed E-state index contributed by atoms with van der Waals surface area (Å²) in [5.74, 6) is -1.72. The van der Waals surface area contributed by atoms with E-state index in [0.29, 0.717) is 30.9 Å². The van der Waals surface area contributed by atoms with Gasteiger partial charge in [0.2, 0.25) is 5.82 Å². The van der Waals surface area contributed by atoms with Gasteiger partial charge in [-0.25, -0.2) is 9.78 Å². The molecule has 0 aliphatic carbocycles. The molecule has 5 rings (SSSR count). The molecule has 6 N–H and O–H groups in total. The second kappa shape index (κ2) is 10.4. The number of benzene rings is 2. The standard InChI is InChI=1S/C14H15N3O2.C10H5N3O3.ClH/c15-6-8-1-2-9-3-4-17(7-10(9)5-8)12-11(16)13(18)14(12)19;11-4-5-1-2-7-6(3-5)9(14)13-8(12-7)10(15)16;/h1-2,5H,3-4,6-7,15-16H2;1-3H,(H,15,16)(H,12,13,14);1H. The maximum Gasteiger partial charge on any atom is 0.372 e. The number of hydrogen-bond acceptors (Lipinski definition) is 9. The van der Waals surface area contributed by atoms with Gasteiger partial charge in [-0.2, -0.15) is 5.26 Å². The van der Waals surface area contributed by atoms with E-state index in [-0.39, 0.29) is 29.0 Å². The lowest BCUT2D eigenvalue weighted by Gasteiger charge is -2.31. The number of nitrogen functional groups attached to an aromatic ring is 1. The number of H-pyrrole nitrogens is 1. The number of fused-ring (bicyclic) bond motifs is 2. The normalized spacial score (nSPS) is 12.2. The molecule has 0 saturated carbocycles. The zero-order valence-corrected chi connectivity index (χ0v) is 19.6. The summed E-state index contributed by atoms with van der Waals surface area (Å²) < 4.78 is 0. The topological polar surface area (TPSA) is 196 Å². The highest BCUT2D eigenvalue weighted by Crippen LogP contribution is 2.26. The summed E-state index contributed by atoms with van der Waals surface area (Å²) >= 11 is 0. The van der Waals surface area contributed by atoms with Crippen LogP contribution in [0.25, 0.3) is 10.9 Å². The fraction of sp³-hybridized carbons (Fsp3) is 0.167. The van der Waals surface area contributed by atoms with Gasteiger partial charge in [0.1, 0.15) is 11.4 Å². The fourth-order valence-corrected chi connectivity index (χ4v) is 3.95. The van der Waals surface area contributed by atoms with Crippen LogP contribution in [0.2, 0.25) is 0 Å². The maximum absolute atomic E-state index is 11.6. The Bertz CT molecular complexity index is 1650. The number of anilines is 2. The van der Waals surface area contributed by atoms with Gasteiger partial charge in [0.25, 0.3) is 16.4 Å². The number of carbonyl (C=O) groups is 1. The first-order valence-corrected chi connectivity index (χ1v) is 10.6. The Morgan fingerprint density at radius 2 is 1.89 bits per heavy atom. The quantitative estimate of drug-likeness (QED) is 0.287. The van der Waals surface area contributed by atoms with Crippen LogP contribution in [0.1, 0.15) is 32.9 Å². The average molecular weight is 509 g/mol. The number of halogens is 1. The molecule has 0 spiro atoms. The number of nitrogens with two attached hydrogens (primary N) is 2. The summed E-state index contributed by atoms with van der Waals surface area (Å²) in [5, 5.41) is 17.5. The molecule has 0 unspecified atom stereocenters. The number of carboxylic acids is 1. The van der Waals surface area contributed by atoms with E-state index in [0.717, 1.165) is 17.5 Å². The van der Waals surface area contributed by atoms with Crippen molar-refractivity contribution in [3.63, 3.8) is 0 Å². The highest BCUT2D eigenvalue weighted by molar-refractivity contribution is 5.87. The van der Waals surface area contributed by atoms with Crippen LogP contribution in [0, 0.1) is 11.3 Å². The molecule has 1 aliphatic rings. The van der Waals surface area contributed by atoms with Gasteiger partial charge < -0.3 is 26.5 Å². The predicted molar refractivity (Wildman–Crippen MR) is 136 cm³/mol. The van der Waals surface area contributed by atoms with E-state index in [2.05, 4.69) is 22.1 Å². The van der Waals surface area contributed by atoms with Crippen molar-refractivity contribution in [2.75, 3.05) is 17.2 Å². The first kappa shape index (κ1) is 26.1. The number of aromatic carboxylic acids is 1. The van der Waals surface area contributed by atoms with E-state index in [1.54, 1.807) is 0 Å². The lowest BCUT2D eigenvalue weighted by atomic mass is 9.96. The van der Waals surface area contributed by atoms with Crippen molar-refractivity contribution < 1.29 is 9.90 Å². The van der Waals surface area contributed by atoms with Crippen LogP contribution in [0.15, 0.2) is 50.8 Å². The third-order valence-corrected chi connectivity index (χ3v) is 5.79.